The van der Waals surface area contributed by atoms with E-state index in [0.29, 0.717) is 28.7 Å². The van der Waals surface area contributed by atoms with Crippen LogP contribution in [0.4, 0.5) is 0 Å². The molecule has 14 heteroatoms. The molecule has 8 rings (SSSR count). The van der Waals surface area contributed by atoms with E-state index in [1.807, 2.05) is 27.7 Å². The van der Waals surface area contributed by atoms with Crippen molar-refractivity contribution in [2.45, 2.75) is 205 Å². The Morgan fingerprint density at radius 1 is 0.643 bits per heavy atom. The summed E-state index contributed by atoms with van der Waals surface area (Å²) < 4.78 is 12.3. The van der Waals surface area contributed by atoms with Crippen LogP contribution in [0.2, 0.25) is 0 Å². The van der Waals surface area contributed by atoms with Crippen LogP contribution in [0.3, 0.4) is 0 Å². The highest BCUT2D eigenvalue weighted by molar-refractivity contribution is 6.05. The van der Waals surface area contributed by atoms with E-state index < -0.39 is 127 Å². The number of carbonyl (C=O) groups excluding carboxylic acids is 4. The number of aliphatic hydroxyl groups excluding tert-OH is 3. The number of hydrogen-bond donors (Lipinski definition) is 8. The molecule has 0 saturated heterocycles. The molecule has 14 nitrogen and oxygen atoms in total. The number of ketones is 2. The number of Topliss-reactive ketones (excluding diaryl/α,β-unsaturated/α-hetero) is 2. The summed E-state index contributed by atoms with van der Waals surface area (Å²) in [4.78, 5) is 51.9. The van der Waals surface area contributed by atoms with Gasteiger partial charge in [-0.25, -0.2) is 0 Å². The molecule has 0 unspecified atom stereocenters. The molecule has 4 fully saturated rings. The van der Waals surface area contributed by atoms with Crippen molar-refractivity contribution in [2.24, 2.45) is 58.2 Å². The lowest BCUT2D eigenvalue weighted by Crippen LogP contribution is -2.66. The fraction of sp³-hybridized carbons (Fsp3) is 0.786. The zero-order chi connectivity index (χ0) is 51.9. The summed E-state index contributed by atoms with van der Waals surface area (Å²) in [7, 11) is 0. The van der Waals surface area contributed by atoms with Crippen molar-refractivity contribution >= 4 is 23.5 Å². The Balaban J connectivity index is 0.000000234. The first-order valence-corrected chi connectivity index (χ1v) is 26.4. The van der Waals surface area contributed by atoms with E-state index in [4.69, 9.17) is 9.47 Å². The zero-order valence-electron chi connectivity index (χ0n) is 43.4. The molecular weight excluding hydrogens is 897 g/mol. The number of esters is 2. The molecule has 8 aliphatic rings. The summed E-state index contributed by atoms with van der Waals surface area (Å²) in [6.07, 6.45) is 17.4. The second kappa shape index (κ2) is 19.0. The molecular formula is C56H84O14. The van der Waals surface area contributed by atoms with Gasteiger partial charge in [-0.1, -0.05) is 137 Å². The van der Waals surface area contributed by atoms with Crippen LogP contribution in [0.25, 0.3) is 0 Å². The Bertz CT molecular complexity index is 2210. The van der Waals surface area contributed by atoms with Crippen LogP contribution in [-0.2, 0) is 28.7 Å². The number of rotatable bonds is 16. The number of hydrogen-bond acceptors (Lipinski definition) is 14. The molecule has 0 radical (unpaired) electrons. The number of aliphatic hydroxyl groups is 8. The Kier molecular flexibility index (Phi) is 14.8. The van der Waals surface area contributed by atoms with E-state index >= 15 is 0 Å². The number of fused-ring (bicyclic) bond motifs is 10. The van der Waals surface area contributed by atoms with E-state index in [-0.39, 0.29) is 32.5 Å². The van der Waals surface area contributed by atoms with Gasteiger partial charge in [0.25, 0.3) is 0 Å². The van der Waals surface area contributed by atoms with E-state index in [9.17, 15) is 60.0 Å². The molecule has 0 heterocycles. The van der Waals surface area contributed by atoms with Crippen molar-refractivity contribution in [3.8, 4) is 0 Å². The maximum Gasteiger partial charge on any atom is 0.306 e. The van der Waals surface area contributed by atoms with Gasteiger partial charge in [0, 0.05) is 84.4 Å². The predicted octanol–water partition coefficient (Wildman–Crippen LogP) is 5.68. The summed E-state index contributed by atoms with van der Waals surface area (Å²) >= 11 is 0. The van der Waals surface area contributed by atoms with Crippen LogP contribution in [0.1, 0.15) is 159 Å². The Labute approximate surface area is 414 Å². The normalized spacial score (nSPS) is 43.3. The van der Waals surface area contributed by atoms with Crippen molar-refractivity contribution in [3.05, 3.63) is 46.6 Å². The van der Waals surface area contributed by atoms with Crippen molar-refractivity contribution in [2.75, 3.05) is 13.2 Å². The van der Waals surface area contributed by atoms with E-state index in [0.717, 1.165) is 19.3 Å². The molecule has 0 aliphatic heterocycles. The zero-order valence-corrected chi connectivity index (χ0v) is 43.4. The van der Waals surface area contributed by atoms with Crippen LogP contribution in [-0.4, -0.2) is 123 Å². The van der Waals surface area contributed by atoms with Gasteiger partial charge in [0.2, 0.25) is 0 Å². The van der Waals surface area contributed by atoms with Gasteiger partial charge >= 0.3 is 11.9 Å². The summed E-state index contributed by atoms with van der Waals surface area (Å²) in [6.45, 7) is 17.1. The highest BCUT2D eigenvalue weighted by Gasteiger charge is 2.88. The first-order valence-electron chi connectivity index (χ1n) is 26.4. The molecule has 70 heavy (non-hydrogen) atoms. The van der Waals surface area contributed by atoms with Gasteiger partial charge in [0.1, 0.15) is 22.9 Å². The largest absolute Gasteiger partial charge is 0.458 e. The highest BCUT2D eigenvalue weighted by Crippen LogP contribution is 2.78. The van der Waals surface area contributed by atoms with Crippen LogP contribution in [0.15, 0.2) is 46.6 Å². The third-order valence-corrected chi connectivity index (χ3v) is 19.6. The number of carbonyl (C=O) groups is 4. The fourth-order valence-electron chi connectivity index (χ4n) is 15.6. The van der Waals surface area contributed by atoms with E-state index in [1.165, 1.54) is 51.9 Å². The smallest absolute Gasteiger partial charge is 0.306 e. The average Bonchev–Trinajstić information content (AvgIpc) is 3.92. The van der Waals surface area contributed by atoms with Gasteiger partial charge in [-0.15, -0.1) is 0 Å². The third kappa shape index (κ3) is 7.93. The molecule has 0 spiro atoms. The minimum atomic E-state index is -1.93. The second-order valence-corrected chi connectivity index (χ2v) is 24.1. The second-order valence-electron chi connectivity index (χ2n) is 24.1. The van der Waals surface area contributed by atoms with E-state index in [1.54, 1.807) is 52.0 Å². The van der Waals surface area contributed by atoms with Crippen LogP contribution >= 0.6 is 0 Å². The monoisotopic (exact) mass is 981 g/mol. The van der Waals surface area contributed by atoms with Gasteiger partial charge in [0.05, 0.1) is 30.5 Å². The Morgan fingerprint density at radius 2 is 1.07 bits per heavy atom. The van der Waals surface area contributed by atoms with Crippen molar-refractivity contribution in [3.63, 3.8) is 0 Å². The molecule has 16 atom stereocenters. The van der Waals surface area contributed by atoms with Crippen LogP contribution in [0, 0.1) is 58.2 Å². The van der Waals surface area contributed by atoms with Crippen molar-refractivity contribution < 1.29 is 69.5 Å². The van der Waals surface area contributed by atoms with Gasteiger partial charge < -0.3 is 50.3 Å². The summed E-state index contributed by atoms with van der Waals surface area (Å²) in [5, 5.41) is 89.7. The molecule has 4 saturated carbocycles. The Hall–Kier alpha value is -3.08. The van der Waals surface area contributed by atoms with Gasteiger partial charge in [0.15, 0.2) is 17.2 Å². The van der Waals surface area contributed by atoms with Gasteiger partial charge in [-0.3, -0.25) is 19.2 Å². The average molecular weight is 981 g/mol. The minimum absolute atomic E-state index is 0.0615. The molecule has 392 valence electrons. The standard InChI is InChI=1S/C36H56O8.C20H28O6/c1-7-8-9-10-11-12-13-14-15-16-17-18-29(39)43-32-24(3)35(42)27(30-33(5,6)36(30,32)44-25(4)38)20-26(22-37)21-34(41)28(35)19-23(2)31(34)40;1-9-5-13-18(24,15(9)22)7-11(8-21)6-12-14-17(3,4)20(14,26)16(23)10(2)19(12,13)25/h19-20,24,27-28,30,32,37,41-42H,7-18,21-22H2,1-6H3;5-6,10,12-14,16,21,23-26H,7-8H2,1-4H3/t24-,27+,28-,30+,32-,34-,35-,36-;10-,12+,13-,14+,16-,18-,19-,20-/m11/s1. The summed E-state index contributed by atoms with van der Waals surface area (Å²) in [6, 6.07) is 0. The third-order valence-electron chi connectivity index (χ3n) is 19.6. The van der Waals surface area contributed by atoms with Crippen molar-refractivity contribution in [1.82, 2.24) is 0 Å². The molecule has 0 aromatic rings. The SMILES string of the molecule is CC1=C[C@H]2[C@@]3(O)[C@H](C)[C@@H](O)[C@]4(O)[C@@H]([C@@H]3C=C(CO)C[C@]2(O)C1=O)C4(C)C.CCCCCCCCCCCCCC(=O)O[C@@H]1[C@@H](C)[C@@]2(O)[C@@H](C=C(CO)C[C@]3(O)C(=O)C(C)=C[C@@H]23)[C@H]2C(C)(C)[C@]12OC(C)=O. The molecule has 8 N–H and O–H groups in total. The molecule has 8 aliphatic carbocycles. The summed E-state index contributed by atoms with van der Waals surface area (Å²) in [5.74, 6) is -7.43. The lowest BCUT2D eigenvalue weighted by molar-refractivity contribution is -0.228. The lowest BCUT2D eigenvalue weighted by atomic mass is 9.59. The van der Waals surface area contributed by atoms with Gasteiger partial charge in [-0.2, -0.15) is 0 Å². The van der Waals surface area contributed by atoms with E-state index in [2.05, 4.69) is 6.92 Å². The van der Waals surface area contributed by atoms with Crippen molar-refractivity contribution in [1.29, 1.82) is 0 Å². The molecule has 0 bridgehead atoms. The predicted molar refractivity (Wildman–Crippen MR) is 260 cm³/mol. The fourth-order valence-corrected chi connectivity index (χ4v) is 15.6. The molecule has 0 amide bonds. The van der Waals surface area contributed by atoms with Crippen LogP contribution in [0.5, 0.6) is 0 Å². The lowest BCUT2D eigenvalue weighted by Gasteiger charge is -2.53. The summed E-state index contributed by atoms with van der Waals surface area (Å²) in [5.41, 5.74) is -9.28. The Morgan fingerprint density at radius 3 is 1.51 bits per heavy atom. The quantitative estimate of drug-likeness (QED) is 0.0527. The van der Waals surface area contributed by atoms with Gasteiger partial charge in [-0.05, 0) is 42.6 Å². The highest BCUT2D eigenvalue weighted by atomic mass is 16.6. The minimum Gasteiger partial charge on any atom is -0.458 e. The first kappa shape index (κ1) is 54.7. The maximum absolute atomic E-state index is 13.3. The molecule has 0 aromatic heterocycles. The maximum atomic E-state index is 13.3. The first-order chi connectivity index (χ1) is 32.6. The number of ether oxygens (including phenoxy) is 2. The topological polar surface area (TPSA) is 249 Å². The molecule has 0 aromatic carbocycles. The number of unbranched alkanes of at least 4 members (excludes halogenated alkanes) is 10. The van der Waals surface area contributed by atoms with Crippen LogP contribution < -0.4 is 0 Å².